The zero-order valence-corrected chi connectivity index (χ0v) is 11.4. The molecule has 0 heterocycles. The van der Waals surface area contributed by atoms with Gasteiger partial charge in [0.2, 0.25) is 0 Å². The van der Waals surface area contributed by atoms with Gasteiger partial charge in [0.15, 0.2) is 0 Å². The van der Waals surface area contributed by atoms with Crippen LogP contribution in [0.25, 0.3) is 11.1 Å². The molecule has 0 bridgehead atoms. The molecule has 2 rings (SSSR count). The van der Waals surface area contributed by atoms with E-state index in [2.05, 4.69) is 0 Å². The summed E-state index contributed by atoms with van der Waals surface area (Å²) >= 11 is 5.61. The fourth-order valence-corrected chi connectivity index (χ4v) is 2.00. The summed E-state index contributed by atoms with van der Waals surface area (Å²) in [7, 11) is 3.18. The third kappa shape index (κ3) is 2.88. The van der Waals surface area contributed by atoms with Crippen molar-refractivity contribution < 1.29 is 14.3 Å². The minimum Gasteiger partial charge on any atom is -0.497 e. The third-order valence-electron chi connectivity index (χ3n) is 2.84. The zero-order chi connectivity index (χ0) is 13.8. The second kappa shape index (κ2) is 5.76. The van der Waals surface area contributed by atoms with Crippen LogP contribution in [0.15, 0.2) is 42.5 Å². The van der Waals surface area contributed by atoms with E-state index in [-0.39, 0.29) is 0 Å². The van der Waals surface area contributed by atoms with Gasteiger partial charge >= 0.3 is 0 Å². The summed E-state index contributed by atoms with van der Waals surface area (Å²) in [4.78, 5) is 11.5. The van der Waals surface area contributed by atoms with Crippen molar-refractivity contribution in [3.63, 3.8) is 0 Å². The Labute approximate surface area is 116 Å². The second-order valence-corrected chi connectivity index (χ2v) is 4.26. The van der Waals surface area contributed by atoms with Gasteiger partial charge in [-0.1, -0.05) is 12.1 Å². The summed E-state index contributed by atoms with van der Waals surface area (Å²) in [6, 6.07) is 12.6. The van der Waals surface area contributed by atoms with Crippen LogP contribution in [0, 0.1) is 0 Å². The van der Waals surface area contributed by atoms with Crippen molar-refractivity contribution in [3.8, 4) is 22.6 Å². The van der Waals surface area contributed by atoms with Crippen LogP contribution in [-0.4, -0.2) is 19.5 Å². The SMILES string of the molecule is COc1ccc(-c2cc(OC)ccc2C(=O)Cl)cc1. The fourth-order valence-electron chi connectivity index (χ4n) is 1.83. The highest BCUT2D eigenvalue weighted by Gasteiger charge is 2.12. The van der Waals surface area contributed by atoms with E-state index >= 15 is 0 Å². The highest BCUT2D eigenvalue weighted by Crippen LogP contribution is 2.30. The lowest BCUT2D eigenvalue weighted by Gasteiger charge is -2.09. The van der Waals surface area contributed by atoms with Crippen molar-refractivity contribution in [2.45, 2.75) is 0 Å². The second-order valence-electron chi connectivity index (χ2n) is 3.91. The van der Waals surface area contributed by atoms with E-state index in [1.165, 1.54) is 0 Å². The summed E-state index contributed by atoms with van der Waals surface area (Å²) in [5, 5.41) is -0.492. The topological polar surface area (TPSA) is 35.5 Å². The minimum absolute atomic E-state index is 0.452. The first-order chi connectivity index (χ1) is 9.15. The molecule has 0 aliphatic heterocycles. The van der Waals surface area contributed by atoms with Crippen molar-refractivity contribution in [3.05, 3.63) is 48.0 Å². The Hall–Kier alpha value is -2.00. The average Bonchev–Trinajstić information content (AvgIpc) is 2.46. The first-order valence-corrected chi connectivity index (χ1v) is 6.06. The number of hydrogen-bond acceptors (Lipinski definition) is 3. The molecule has 0 N–H and O–H groups in total. The van der Waals surface area contributed by atoms with Crippen molar-refractivity contribution in [1.82, 2.24) is 0 Å². The predicted octanol–water partition coefficient (Wildman–Crippen LogP) is 3.75. The van der Waals surface area contributed by atoms with E-state index < -0.39 is 5.24 Å². The standard InChI is InChI=1S/C15H13ClO3/c1-18-11-5-3-10(4-6-11)14-9-12(19-2)7-8-13(14)15(16)17/h3-9H,1-2H3. The monoisotopic (exact) mass is 276 g/mol. The molecule has 0 radical (unpaired) electrons. The molecule has 0 aromatic heterocycles. The van der Waals surface area contributed by atoms with E-state index in [0.29, 0.717) is 11.3 Å². The van der Waals surface area contributed by atoms with E-state index in [1.54, 1.807) is 32.4 Å². The Morgan fingerprint density at radius 1 is 0.947 bits per heavy atom. The maximum atomic E-state index is 11.5. The first kappa shape index (κ1) is 13.4. The molecule has 0 atom stereocenters. The predicted molar refractivity (Wildman–Crippen MR) is 75.2 cm³/mol. The molecule has 98 valence electrons. The summed E-state index contributed by atoms with van der Waals surface area (Å²) in [6.45, 7) is 0. The number of hydrogen-bond donors (Lipinski definition) is 0. The molecule has 4 heteroatoms. The quantitative estimate of drug-likeness (QED) is 0.798. The van der Waals surface area contributed by atoms with Crippen molar-refractivity contribution in [2.75, 3.05) is 14.2 Å². The van der Waals surface area contributed by atoms with Crippen LogP contribution in [-0.2, 0) is 0 Å². The number of methoxy groups -OCH3 is 2. The summed E-state index contributed by atoms with van der Waals surface area (Å²) in [6.07, 6.45) is 0. The molecule has 0 aliphatic rings. The molecule has 19 heavy (non-hydrogen) atoms. The fraction of sp³-hybridized carbons (Fsp3) is 0.133. The lowest BCUT2D eigenvalue weighted by Crippen LogP contribution is -1.95. The maximum absolute atomic E-state index is 11.5. The van der Waals surface area contributed by atoms with Gasteiger partial charge in [0, 0.05) is 5.56 Å². The van der Waals surface area contributed by atoms with Gasteiger partial charge in [0.25, 0.3) is 5.24 Å². The number of ether oxygens (including phenoxy) is 2. The molecule has 0 aliphatic carbocycles. The molecule has 2 aromatic carbocycles. The number of rotatable bonds is 4. The van der Waals surface area contributed by atoms with Crippen LogP contribution < -0.4 is 9.47 Å². The number of halogens is 1. The Morgan fingerprint density at radius 2 is 1.53 bits per heavy atom. The lowest BCUT2D eigenvalue weighted by atomic mass is 10.00. The van der Waals surface area contributed by atoms with Crippen LogP contribution in [0.1, 0.15) is 10.4 Å². The van der Waals surface area contributed by atoms with E-state index in [1.807, 2.05) is 24.3 Å². The van der Waals surface area contributed by atoms with Crippen molar-refractivity contribution >= 4 is 16.8 Å². The molecule has 0 amide bonds. The normalized spacial score (nSPS) is 10.1. The van der Waals surface area contributed by atoms with Gasteiger partial charge < -0.3 is 9.47 Å². The smallest absolute Gasteiger partial charge is 0.253 e. The summed E-state index contributed by atoms with van der Waals surface area (Å²) in [5.41, 5.74) is 2.07. The molecule has 0 saturated heterocycles. The molecule has 0 fully saturated rings. The maximum Gasteiger partial charge on any atom is 0.253 e. The third-order valence-corrected chi connectivity index (χ3v) is 3.04. The largest absolute Gasteiger partial charge is 0.497 e. The van der Waals surface area contributed by atoms with Gasteiger partial charge in [-0.3, -0.25) is 4.79 Å². The van der Waals surface area contributed by atoms with E-state index in [4.69, 9.17) is 21.1 Å². The molecule has 2 aromatic rings. The van der Waals surface area contributed by atoms with E-state index in [9.17, 15) is 4.79 Å². The lowest BCUT2D eigenvalue weighted by molar-refractivity contribution is 0.108. The molecular formula is C15H13ClO3. The average molecular weight is 277 g/mol. The zero-order valence-electron chi connectivity index (χ0n) is 10.6. The van der Waals surface area contributed by atoms with Gasteiger partial charge in [-0.15, -0.1) is 0 Å². The number of carbonyl (C=O) groups excluding carboxylic acids is 1. The summed E-state index contributed by atoms with van der Waals surface area (Å²) < 4.78 is 10.3. The first-order valence-electron chi connectivity index (χ1n) is 5.68. The van der Waals surface area contributed by atoms with Crippen LogP contribution in [0.3, 0.4) is 0 Å². The highest BCUT2D eigenvalue weighted by atomic mass is 35.5. The van der Waals surface area contributed by atoms with Gasteiger partial charge in [-0.05, 0) is 53.1 Å². The van der Waals surface area contributed by atoms with Gasteiger partial charge in [0.1, 0.15) is 11.5 Å². The Bertz CT molecular complexity index is 591. The van der Waals surface area contributed by atoms with Crippen LogP contribution >= 0.6 is 11.6 Å². The van der Waals surface area contributed by atoms with E-state index in [0.717, 1.165) is 16.9 Å². The molecule has 0 saturated carbocycles. The highest BCUT2D eigenvalue weighted by molar-refractivity contribution is 6.68. The van der Waals surface area contributed by atoms with Gasteiger partial charge in [0.05, 0.1) is 14.2 Å². The molecule has 0 unspecified atom stereocenters. The Kier molecular flexibility index (Phi) is 4.07. The van der Waals surface area contributed by atoms with Gasteiger partial charge in [-0.25, -0.2) is 0 Å². The minimum atomic E-state index is -0.492. The number of benzene rings is 2. The Morgan fingerprint density at radius 3 is 2.05 bits per heavy atom. The molecule has 0 spiro atoms. The van der Waals surface area contributed by atoms with Crippen molar-refractivity contribution in [2.24, 2.45) is 0 Å². The van der Waals surface area contributed by atoms with Crippen LogP contribution in [0.5, 0.6) is 11.5 Å². The Balaban J connectivity index is 2.54. The molecule has 3 nitrogen and oxygen atoms in total. The van der Waals surface area contributed by atoms with Crippen LogP contribution in [0.4, 0.5) is 0 Å². The summed E-state index contributed by atoms with van der Waals surface area (Å²) in [5.74, 6) is 1.43. The van der Waals surface area contributed by atoms with Gasteiger partial charge in [-0.2, -0.15) is 0 Å². The van der Waals surface area contributed by atoms with Crippen molar-refractivity contribution in [1.29, 1.82) is 0 Å². The molecular weight excluding hydrogens is 264 g/mol. The van der Waals surface area contributed by atoms with Crippen LogP contribution in [0.2, 0.25) is 0 Å². The number of carbonyl (C=O) groups is 1.